The SMILES string of the molecule is CCOc1c(Br)cc(Cl)cc1NC(=O)C1CC12CCNCC2. The van der Waals surface area contributed by atoms with Gasteiger partial charge in [0.25, 0.3) is 0 Å². The minimum atomic E-state index is 0.0806. The van der Waals surface area contributed by atoms with Crippen LogP contribution in [0, 0.1) is 11.3 Å². The molecule has 2 aliphatic rings. The van der Waals surface area contributed by atoms with Crippen LogP contribution in [0.4, 0.5) is 5.69 Å². The maximum absolute atomic E-state index is 12.6. The van der Waals surface area contributed by atoms with Gasteiger partial charge >= 0.3 is 0 Å². The molecule has 1 unspecified atom stereocenters. The predicted molar refractivity (Wildman–Crippen MR) is 91.6 cm³/mol. The van der Waals surface area contributed by atoms with Gasteiger partial charge in [-0.25, -0.2) is 0 Å². The molecule has 120 valence electrons. The highest BCUT2D eigenvalue weighted by Crippen LogP contribution is 2.59. The van der Waals surface area contributed by atoms with Crippen molar-refractivity contribution in [1.29, 1.82) is 0 Å². The largest absolute Gasteiger partial charge is 0.491 e. The first-order valence-corrected chi connectivity index (χ1v) is 8.86. The van der Waals surface area contributed by atoms with Gasteiger partial charge in [-0.2, -0.15) is 0 Å². The van der Waals surface area contributed by atoms with Crippen LogP contribution >= 0.6 is 27.5 Å². The Morgan fingerprint density at radius 1 is 1.50 bits per heavy atom. The number of amides is 1. The number of hydrogen-bond acceptors (Lipinski definition) is 3. The lowest BCUT2D eigenvalue weighted by molar-refractivity contribution is -0.118. The number of ether oxygens (including phenoxy) is 1. The molecular weight excluding hydrogens is 368 g/mol. The van der Waals surface area contributed by atoms with Crippen LogP contribution in [0.25, 0.3) is 0 Å². The Balaban J connectivity index is 1.74. The van der Waals surface area contributed by atoms with Gasteiger partial charge in [0.15, 0.2) is 5.75 Å². The van der Waals surface area contributed by atoms with Crippen molar-refractivity contribution in [2.24, 2.45) is 11.3 Å². The number of carbonyl (C=O) groups excluding carboxylic acids is 1. The van der Waals surface area contributed by atoms with Gasteiger partial charge in [-0.1, -0.05) is 11.6 Å². The molecule has 22 heavy (non-hydrogen) atoms. The molecule has 1 aromatic rings. The number of rotatable bonds is 4. The van der Waals surface area contributed by atoms with Gasteiger partial charge in [0.05, 0.1) is 16.8 Å². The maximum atomic E-state index is 12.6. The van der Waals surface area contributed by atoms with Crippen LogP contribution in [0.3, 0.4) is 0 Å². The molecule has 6 heteroatoms. The van der Waals surface area contributed by atoms with E-state index in [-0.39, 0.29) is 17.2 Å². The van der Waals surface area contributed by atoms with E-state index in [9.17, 15) is 4.79 Å². The number of anilines is 1. The average Bonchev–Trinajstić information content (AvgIpc) is 3.17. The number of benzene rings is 1. The molecule has 1 atom stereocenters. The Kier molecular flexibility index (Phi) is 4.67. The lowest BCUT2D eigenvalue weighted by atomic mass is 9.92. The molecule has 0 aromatic heterocycles. The van der Waals surface area contributed by atoms with Gasteiger partial charge in [0.1, 0.15) is 0 Å². The quantitative estimate of drug-likeness (QED) is 0.825. The van der Waals surface area contributed by atoms with E-state index in [1.165, 1.54) is 0 Å². The van der Waals surface area contributed by atoms with E-state index in [0.717, 1.165) is 36.8 Å². The predicted octanol–water partition coefficient (Wildman–Crippen LogP) is 3.83. The van der Waals surface area contributed by atoms with Crippen molar-refractivity contribution < 1.29 is 9.53 Å². The molecule has 2 fully saturated rings. The summed E-state index contributed by atoms with van der Waals surface area (Å²) in [5.41, 5.74) is 0.860. The first-order chi connectivity index (χ1) is 10.6. The number of hydrogen-bond donors (Lipinski definition) is 2. The number of piperidine rings is 1. The van der Waals surface area contributed by atoms with Crippen LogP contribution in [0.15, 0.2) is 16.6 Å². The van der Waals surface area contributed by atoms with Crippen LogP contribution in [-0.2, 0) is 4.79 Å². The minimum absolute atomic E-state index is 0.0806. The first-order valence-electron chi connectivity index (χ1n) is 7.69. The maximum Gasteiger partial charge on any atom is 0.228 e. The summed E-state index contributed by atoms with van der Waals surface area (Å²) >= 11 is 9.54. The molecule has 1 saturated heterocycles. The zero-order valence-corrected chi connectivity index (χ0v) is 14.9. The molecule has 0 bridgehead atoms. The lowest BCUT2D eigenvalue weighted by Crippen LogP contribution is -2.31. The highest BCUT2D eigenvalue weighted by Gasteiger charge is 2.57. The van der Waals surface area contributed by atoms with Crippen molar-refractivity contribution in [3.05, 3.63) is 21.6 Å². The van der Waals surface area contributed by atoms with E-state index in [1.54, 1.807) is 12.1 Å². The fraction of sp³-hybridized carbons (Fsp3) is 0.562. The van der Waals surface area contributed by atoms with E-state index in [0.29, 0.717) is 23.1 Å². The molecule has 1 saturated carbocycles. The smallest absolute Gasteiger partial charge is 0.228 e. The van der Waals surface area contributed by atoms with Crippen molar-refractivity contribution in [2.45, 2.75) is 26.2 Å². The standard InChI is InChI=1S/C16H20BrClN2O2/c1-2-22-14-12(17)7-10(18)8-13(14)20-15(21)11-9-16(11)3-5-19-6-4-16/h7-8,11,19H,2-6,9H2,1H3,(H,20,21). The Hall–Kier alpha value is -0.780. The van der Waals surface area contributed by atoms with Crippen LogP contribution < -0.4 is 15.4 Å². The van der Waals surface area contributed by atoms with Gasteiger partial charge in [0.2, 0.25) is 5.91 Å². The topological polar surface area (TPSA) is 50.4 Å². The third kappa shape index (κ3) is 3.12. The molecule has 1 heterocycles. The molecule has 1 aliphatic heterocycles. The normalized spacial score (nSPS) is 22.4. The van der Waals surface area contributed by atoms with Crippen LogP contribution in [0.2, 0.25) is 5.02 Å². The molecule has 1 aliphatic carbocycles. The van der Waals surface area contributed by atoms with Crippen molar-refractivity contribution in [3.63, 3.8) is 0 Å². The molecular formula is C16H20BrClN2O2. The third-order valence-electron chi connectivity index (χ3n) is 4.66. The molecule has 0 radical (unpaired) electrons. The summed E-state index contributed by atoms with van der Waals surface area (Å²) in [5.74, 6) is 0.833. The van der Waals surface area contributed by atoms with Gasteiger partial charge in [0, 0.05) is 10.9 Å². The summed E-state index contributed by atoms with van der Waals surface area (Å²) in [6.07, 6.45) is 3.16. The van der Waals surface area contributed by atoms with Gasteiger partial charge < -0.3 is 15.4 Å². The zero-order valence-electron chi connectivity index (χ0n) is 12.5. The van der Waals surface area contributed by atoms with E-state index < -0.39 is 0 Å². The van der Waals surface area contributed by atoms with E-state index in [1.807, 2.05) is 6.92 Å². The molecule has 2 N–H and O–H groups in total. The van der Waals surface area contributed by atoms with Crippen molar-refractivity contribution in [2.75, 3.05) is 25.0 Å². The fourth-order valence-corrected chi connectivity index (χ4v) is 4.28. The lowest BCUT2D eigenvalue weighted by Gasteiger charge is -2.23. The van der Waals surface area contributed by atoms with E-state index in [2.05, 4.69) is 26.6 Å². The Labute approximate surface area is 144 Å². The fourth-order valence-electron chi connectivity index (χ4n) is 3.36. The summed E-state index contributed by atoms with van der Waals surface area (Å²) in [6.45, 7) is 4.47. The van der Waals surface area contributed by atoms with Crippen LogP contribution in [0.5, 0.6) is 5.75 Å². The minimum Gasteiger partial charge on any atom is -0.491 e. The molecule has 4 nitrogen and oxygen atoms in total. The van der Waals surface area contributed by atoms with Crippen LogP contribution in [0.1, 0.15) is 26.2 Å². The van der Waals surface area contributed by atoms with Crippen molar-refractivity contribution in [3.8, 4) is 5.75 Å². The van der Waals surface area contributed by atoms with E-state index in [4.69, 9.17) is 16.3 Å². The van der Waals surface area contributed by atoms with Crippen molar-refractivity contribution >= 4 is 39.1 Å². The summed E-state index contributed by atoms with van der Waals surface area (Å²) in [5, 5.41) is 6.93. The Morgan fingerprint density at radius 3 is 2.91 bits per heavy atom. The van der Waals surface area contributed by atoms with Crippen LogP contribution in [-0.4, -0.2) is 25.6 Å². The van der Waals surface area contributed by atoms with E-state index >= 15 is 0 Å². The average molecular weight is 388 g/mol. The summed E-state index contributed by atoms with van der Waals surface area (Å²) in [4.78, 5) is 12.6. The van der Waals surface area contributed by atoms with Gasteiger partial charge in [-0.05, 0) is 72.8 Å². The third-order valence-corrected chi connectivity index (χ3v) is 5.47. The summed E-state index contributed by atoms with van der Waals surface area (Å²) in [6, 6.07) is 3.51. The summed E-state index contributed by atoms with van der Waals surface area (Å²) in [7, 11) is 0. The highest BCUT2D eigenvalue weighted by atomic mass is 79.9. The second kappa shape index (κ2) is 6.38. The number of carbonyl (C=O) groups is 1. The second-order valence-corrected chi connectivity index (χ2v) is 7.35. The first kappa shape index (κ1) is 16.1. The van der Waals surface area contributed by atoms with Gasteiger partial charge in [-0.15, -0.1) is 0 Å². The number of nitrogens with one attached hydrogen (secondary N) is 2. The zero-order chi connectivity index (χ0) is 15.7. The summed E-state index contributed by atoms with van der Waals surface area (Å²) < 4.78 is 6.38. The Morgan fingerprint density at radius 2 is 2.23 bits per heavy atom. The Bertz CT molecular complexity index is 588. The highest BCUT2D eigenvalue weighted by molar-refractivity contribution is 9.10. The molecule has 1 spiro atoms. The molecule has 1 aromatic carbocycles. The molecule has 3 rings (SSSR count). The van der Waals surface area contributed by atoms with Gasteiger partial charge in [-0.3, -0.25) is 4.79 Å². The monoisotopic (exact) mass is 386 g/mol. The second-order valence-electron chi connectivity index (χ2n) is 6.06. The molecule has 1 amide bonds. The number of halogens is 2. The van der Waals surface area contributed by atoms with Crippen molar-refractivity contribution in [1.82, 2.24) is 5.32 Å².